The molecular formula is C21H14N2O3. The molecule has 0 spiro atoms. The van der Waals surface area contributed by atoms with Gasteiger partial charge in [0.05, 0.1) is 29.2 Å². The van der Waals surface area contributed by atoms with Crippen LogP contribution in [-0.2, 0) is 28.9 Å². The number of cyclic esters (lactones) is 1. The zero-order valence-corrected chi connectivity index (χ0v) is 13.8. The van der Waals surface area contributed by atoms with Crippen molar-refractivity contribution in [3.63, 3.8) is 0 Å². The number of esters is 1. The first-order chi connectivity index (χ1) is 12.7. The number of benzene rings is 1. The average molecular weight is 342 g/mol. The summed E-state index contributed by atoms with van der Waals surface area (Å²) in [6.07, 6.45) is 6.61. The Morgan fingerprint density at radius 2 is 2.08 bits per heavy atom. The summed E-state index contributed by atoms with van der Waals surface area (Å²) in [6.45, 7) is 0.527. The van der Waals surface area contributed by atoms with Gasteiger partial charge in [0, 0.05) is 16.5 Å². The number of fused-ring (bicyclic) bond motifs is 3. The first-order valence-electron chi connectivity index (χ1n) is 8.67. The van der Waals surface area contributed by atoms with Crippen molar-refractivity contribution < 1.29 is 9.53 Å². The summed E-state index contributed by atoms with van der Waals surface area (Å²) in [5.41, 5.74) is 5.10. The molecule has 6 rings (SSSR count). The summed E-state index contributed by atoms with van der Waals surface area (Å²) in [5.74, 6) is -0.328. The first kappa shape index (κ1) is 13.9. The molecule has 0 saturated carbocycles. The van der Waals surface area contributed by atoms with Gasteiger partial charge >= 0.3 is 5.97 Å². The van der Waals surface area contributed by atoms with Crippen LogP contribution in [0.15, 0.2) is 41.2 Å². The summed E-state index contributed by atoms with van der Waals surface area (Å²) >= 11 is 0. The van der Waals surface area contributed by atoms with Crippen LogP contribution in [0.5, 0.6) is 0 Å². The predicted octanol–water partition coefficient (Wildman–Crippen LogP) is -1.52. The van der Waals surface area contributed by atoms with E-state index in [0.29, 0.717) is 11.8 Å². The van der Waals surface area contributed by atoms with Crippen LogP contribution in [0.25, 0.3) is 23.2 Å². The van der Waals surface area contributed by atoms with Crippen molar-refractivity contribution in [2.45, 2.75) is 19.4 Å². The van der Waals surface area contributed by atoms with Crippen LogP contribution in [0, 0.1) is 0 Å². The molecule has 1 aromatic carbocycles. The van der Waals surface area contributed by atoms with E-state index in [9.17, 15) is 9.59 Å². The molecule has 5 heteroatoms. The molecule has 1 N–H and O–H groups in total. The largest absolute Gasteiger partial charge is 0.433 e. The highest BCUT2D eigenvalue weighted by Gasteiger charge is 2.26. The molecule has 2 aromatic rings. The van der Waals surface area contributed by atoms with Gasteiger partial charge in [0.2, 0.25) is 0 Å². The number of nitrogens with zero attached hydrogens (tertiary/aromatic N) is 1. The third-order valence-electron chi connectivity index (χ3n) is 5.57. The summed E-state index contributed by atoms with van der Waals surface area (Å²) in [7, 11) is 0. The van der Waals surface area contributed by atoms with E-state index >= 15 is 0 Å². The lowest BCUT2D eigenvalue weighted by Gasteiger charge is -2.20. The van der Waals surface area contributed by atoms with Gasteiger partial charge in [-0.15, -0.1) is 0 Å². The fourth-order valence-corrected chi connectivity index (χ4v) is 4.39. The Hall–Kier alpha value is -3.34. The maximum atomic E-state index is 13.0. The van der Waals surface area contributed by atoms with Gasteiger partial charge < -0.3 is 14.6 Å². The van der Waals surface area contributed by atoms with Crippen LogP contribution in [0.1, 0.15) is 11.1 Å². The molecule has 0 saturated heterocycles. The minimum atomic E-state index is -0.328. The molecule has 3 aliphatic heterocycles. The molecule has 1 aliphatic carbocycles. The molecule has 4 aliphatic rings. The fourth-order valence-electron chi connectivity index (χ4n) is 4.39. The van der Waals surface area contributed by atoms with E-state index in [2.05, 4.69) is 35.7 Å². The maximum Gasteiger partial charge on any atom is 0.315 e. The minimum Gasteiger partial charge on any atom is -0.433 e. The molecular weight excluding hydrogens is 328 g/mol. The van der Waals surface area contributed by atoms with Crippen molar-refractivity contribution in [2.75, 3.05) is 0 Å². The smallest absolute Gasteiger partial charge is 0.315 e. The van der Waals surface area contributed by atoms with Gasteiger partial charge in [-0.1, -0.05) is 24.3 Å². The second-order valence-electron chi connectivity index (χ2n) is 6.98. The third-order valence-corrected chi connectivity index (χ3v) is 5.57. The lowest BCUT2D eigenvalue weighted by molar-refractivity contribution is -0.135. The van der Waals surface area contributed by atoms with Gasteiger partial charge in [-0.05, 0) is 34.9 Å². The molecule has 4 heterocycles. The van der Waals surface area contributed by atoms with Gasteiger partial charge in [-0.3, -0.25) is 9.59 Å². The number of pyridine rings is 1. The number of carbonyl (C=O) groups excluding carboxylic acids is 1. The van der Waals surface area contributed by atoms with Crippen LogP contribution in [0.3, 0.4) is 0 Å². The van der Waals surface area contributed by atoms with E-state index in [1.54, 1.807) is 4.57 Å². The van der Waals surface area contributed by atoms with Gasteiger partial charge in [0.15, 0.2) is 0 Å². The number of carbonyl (C=O) groups is 1. The summed E-state index contributed by atoms with van der Waals surface area (Å²) < 4.78 is 6.73. The molecule has 0 atom stereocenters. The van der Waals surface area contributed by atoms with Crippen molar-refractivity contribution in [2.24, 2.45) is 0 Å². The Morgan fingerprint density at radius 1 is 1.15 bits per heavy atom. The predicted molar refractivity (Wildman–Crippen MR) is 96.1 cm³/mol. The van der Waals surface area contributed by atoms with Gasteiger partial charge in [0.25, 0.3) is 5.56 Å². The van der Waals surface area contributed by atoms with Crippen molar-refractivity contribution in [1.82, 2.24) is 9.88 Å². The Morgan fingerprint density at radius 3 is 3.00 bits per heavy atom. The number of hydrogen-bond acceptors (Lipinski definition) is 4. The summed E-state index contributed by atoms with van der Waals surface area (Å²) in [5, 5.41) is 7.29. The average Bonchev–Trinajstić information content (AvgIpc) is 3.01. The van der Waals surface area contributed by atoms with E-state index in [0.717, 1.165) is 34.3 Å². The Kier molecular flexibility index (Phi) is 2.48. The summed E-state index contributed by atoms with van der Waals surface area (Å²) in [6, 6.07) is 8.31. The summed E-state index contributed by atoms with van der Waals surface area (Å²) in [4.78, 5) is 24.6. The van der Waals surface area contributed by atoms with Crippen LogP contribution >= 0.6 is 0 Å². The Balaban J connectivity index is 1.76. The van der Waals surface area contributed by atoms with Crippen molar-refractivity contribution >= 4 is 29.2 Å². The van der Waals surface area contributed by atoms with Crippen LogP contribution in [0.2, 0.25) is 0 Å². The number of rotatable bonds is 0. The Labute approximate surface area is 147 Å². The van der Waals surface area contributed by atoms with E-state index in [4.69, 9.17) is 4.74 Å². The number of hydrogen-bond donors (Lipinski definition) is 1. The van der Waals surface area contributed by atoms with Crippen LogP contribution < -0.4 is 31.9 Å². The van der Waals surface area contributed by atoms with Gasteiger partial charge in [-0.25, -0.2) is 0 Å². The number of ether oxygens (including phenoxy) is 1. The molecule has 26 heavy (non-hydrogen) atoms. The van der Waals surface area contributed by atoms with Gasteiger partial charge in [0.1, 0.15) is 6.26 Å². The standard InChI is InChI=1S/C21H14N2O3/c24-18-8-12-7-17-20-14(9-23(17)21(25)15(12)10-26-18)13-5-1-3-11-4-2-6-16(22-20)19(11)13/h1-3,5-7,10,22H,4,8-9H2. The topological polar surface area (TPSA) is 60.3 Å². The van der Waals surface area contributed by atoms with E-state index in [-0.39, 0.29) is 17.9 Å². The van der Waals surface area contributed by atoms with E-state index in [1.807, 2.05) is 6.07 Å². The third kappa shape index (κ3) is 1.65. The molecule has 126 valence electrons. The van der Waals surface area contributed by atoms with Crippen molar-refractivity contribution in [3.8, 4) is 0 Å². The molecule has 1 aromatic heterocycles. The molecule has 0 fully saturated rings. The quantitative estimate of drug-likeness (QED) is 0.591. The molecule has 0 unspecified atom stereocenters. The lowest BCUT2D eigenvalue weighted by Crippen LogP contribution is -2.45. The van der Waals surface area contributed by atoms with Crippen LogP contribution in [0.4, 0.5) is 0 Å². The lowest BCUT2D eigenvalue weighted by atomic mass is 9.94. The van der Waals surface area contributed by atoms with Crippen LogP contribution in [-0.4, -0.2) is 10.5 Å². The maximum absolute atomic E-state index is 13.0. The van der Waals surface area contributed by atoms with Crippen molar-refractivity contribution in [1.29, 1.82) is 0 Å². The molecule has 0 amide bonds. The normalized spacial score (nSPS) is 18.3. The number of nitrogens with one attached hydrogen (secondary N) is 1. The fraction of sp³-hybridized carbons (Fsp3) is 0.143. The number of aromatic nitrogens is 1. The first-order valence-corrected chi connectivity index (χ1v) is 8.67. The second kappa shape index (κ2) is 4.64. The molecule has 5 nitrogen and oxygen atoms in total. The SMILES string of the molecule is O=C1Cc2cc3n(c(=O)c2=CO1)CC1=c2cccc4c2=C(C=CC4)NC=31. The highest BCUT2D eigenvalue weighted by atomic mass is 16.5. The highest BCUT2D eigenvalue weighted by Crippen LogP contribution is 2.19. The second-order valence-corrected chi connectivity index (χ2v) is 6.98. The Bertz CT molecular complexity index is 1390. The van der Waals surface area contributed by atoms with Crippen molar-refractivity contribution in [3.05, 3.63) is 78.9 Å². The zero-order chi connectivity index (χ0) is 17.4. The van der Waals surface area contributed by atoms with Gasteiger partial charge in [-0.2, -0.15) is 0 Å². The van der Waals surface area contributed by atoms with E-state index < -0.39 is 0 Å². The minimum absolute atomic E-state index is 0.106. The van der Waals surface area contributed by atoms with E-state index in [1.165, 1.54) is 22.3 Å². The molecule has 0 bridgehead atoms. The number of allylic oxidation sites excluding steroid dienone is 1. The zero-order valence-electron chi connectivity index (χ0n) is 13.8. The highest BCUT2D eigenvalue weighted by molar-refractivity contribution is 5.94. The molecule has 0 radical (unpaired) electrons. The monoisotopic (exact) mass is 342 g/mol.